The Hall–Kier alpha value is -7.92. The third-order valence-electron chi connectivity index (χ3n) is 14.3. The van der Waals surface area contributed by atoms with Crippen LogP contribution >= 0.6 is 11.6 Å². The number of carbonyl (C=O) groups excluding carboxylic acids is 3. The van der Waals surface area contributed by atoms with Gasteiger partial charge < -0.3 is 47.9 Å². The van der Waals surface area contributed by atoms with Crippen molar-refractivity contribution in [2.75, 3.05) is 79.8 Å². The molecule has 85 heavy (non-hydrogen) atoms. The first-order valence-corrected chi connectivity index (χ1v) is 28.0. The van der Waals surface area contributed by atoms with Gasteiger partial charge in [0, 0.05) is 44.5 Å². The summed E-state index contributed by atoms with van der Waals surface area (Å²) in [7, 11) is 3.07. The van der Waals surface area contributed by atoms with Crippen LogP contribution in [0, 0.1) is 12.7 Å². The molecule has 3 aliphatic heterocycles. The van der Waals surface area contributed by atoms with Gasteiger partial charge in [0.25, 0.3) is 0 Å². The fourth-order valence-corrected chi connectivity index (χ4v) is 10.8. The van der Waals surface area contributed by atoms with Crippen LogP contribution < -0.4 is 33.8 Å². The minimum atomic E-state index is -5.10. The molecule has 2 fully saturated rings. The fourth-order valence-electron chi connectivity index (χ4n) is 10.5. The second-order valence-corrected chi connectivity index (χ2v) is 24.5. The highest BCUT2D eigenvalue weighted by Gasteiger charge is 2.54. The van der Waals surface area contributed by atoms with Crippen LogP contribution in [0.25, 0.3) is 22.2 Å². The lowest BCUT2D eigenvalue weighted by Gasteiger charge is -2.56. The van der Waals surface area contributed by atoms with E-state index in [4.69, 9.17) is 59.7 Å². The number of aromatic nitrogens is 4. The van der Waals surface area contributed by atoms with Crippen LogP contribution in [-0.2, 0) is 38.2 Å². The van der Waals surface area contributed by atoms with Crippen LogP contribution in [0.4, 0.5) is 55.3 Å². The van der Waals surface area contributed by atoms with E-state index in [9.17, 15) is 14.4 Å². The van der Waals surface area contributed by atoms with E-state index in [1.807, 2.05) is 24.3 Å². The molecule has 0 saturated carbocycles. The molecule has 0 bridgehead atoms. The Morgan fingerprint density at radius 3 is 1.91 bits per heavy atom. The number of methoxy groups -OCH3 is 2. The van der Waals surface area contributed by atoms with Gasteiger partial charge in [-0.1, -0.05) is 41.9 Å². The summed E-state index contributed by atoms with van der Waals surface area (Å²) in [6.07, 6.45) is -6.44. The van der Waals surface area contributed by atoms with Crippen molar-refractivity contribution in [1.82, 2.24) is 24.8 Å². The second kappa shape index (κ2) is 23.5. The molecule has 2 saturated heterocycles. The number of aryl methyl sites for hydroxylation is 1. The zero-order chi connectivity index (χ0) is 61.7. The van der Waals surface area contributed by atoms with Gasteiger partial charge in [-0.15, -0.1) is 0 Å². The molecule has 3 amide bonds. The highest BCUT2D eigenvalue weighted by atomic mass is 35.5. The average Bonchev–Trinajstić information content (AvgIpc) is 1.77. The first-order valence-electron chi connectivity index (χ1n) is 27.7. The molecule has 9 rings (SSSR count). The van der Waals surface area contributed by atoms with Crippen molar-refractivity contribution >= 4 is 64.2 Å². The Morgan fingerprint density at radius 2 is 1.36 bits per heavy atom. The lowest BCUT2D eigenvalue weighted by atomic mass is 9.88. The Kier molecular flexibility index (Phi) is 17.0. The molecule has 3 aromatic heterocycles. The molecule has 6 aromatic rings. The number of amides is 3. The third-order valence-corrected chi connectivity index (χ3v) is 14.6. The highest BCUT2D eigenvalue weighted by molar-refractivity contribution is 6.36. The number of imide groups is 1. The zero-order valence-electron chi connectivity index (χ0n) is 49.9. The SMILES string of the molecule is COc1ccc(CN(Cc2ccc(OC)cc2)c2cc(C)c(C(F)(F)F)c(-c3c(Cl)c4c5c(nc(N6CC7(COCCN7C(=O)OC(C)(C)C)C6)nc5c3F)N([C@H](C)c3cccnc3N(C(=O)OC(C)(C)C)C(=O)OC(C)(C)C)CCO4)n2)cc1. The van der Waals surface area contributed by atoms with Crippen molar-refractivity contribution < 1.29 is 65.1 Å². The van der Waals surface area contributed by atoms with E-state index >= 15 is 17.6 Å². The van der Waals surface area contributed by atoms with Crippen molar-refractivity contribution in [3.8, 4) is 28.5 Å². The van der Waals surface area contributed by atoms with E-state index in [-0.39, 0.29) is 105 Å². The Morgan fingerprint density at radius 1 is 0.788 bits per heavy atom. The molecular formula is C61H70ClF4N9O10. The van der Waals surface area contributed by atoms with Crippen LogP contribution in [0.3, 0.4) is 0 Å². The minimum Gasteiger partial charge on any atom is -0.497 e. The smallest absolute Gasteiger partial charge is 0.425 e. The number of anilines is 4. The lowest BCUT2D eigenvalue weighted by molar-refractivity contribution is -0.137. The van der Waals surface area contributed by atoms with Crippen molar-refractivity contribution in [1.29, 1.82) is 0 Å². The molecule has 0 radical (unpaired) electrons. The maximum atomic E-state index is 18.7. The third kappa shape index (κ3) is 13.2. The van der Waals surface area contributed by atoms with E-state index in [0.29, 0.717) is 16.4 Å². The maximum Gasteiger partial charge on any atom is 0.425 e. The lowest BCUT2D eigenvalue weighted by Crippen LogP contribution is -2.76. The van der Waals surface area contributed by atoms with Crippen LogP contribution in [0.5, 0.6) is 17.2 Å². The normalized spacial score (nSPS) is 15.6. The first-order chi connectivity index (χ1) is 39.9. The van der Waals surface area contributed by atoms with Gasteiger partial charge in [0.1, 0.15) is 57.6 Å². The van der Waals surface area contributed by atoms with Gasteiger partial charge in [0.05, 0.1) is 67.2 Å². The number of alkyl halides is 3. The Bertz CT molecular complexity index is 3420. The summed E-state index contributed by atoms with van der Waals surface area (Å²) < 4.78 is 107. The van der Waals surface area contributed by atoms with Gasteiger partial charge in [-0.05, 0) is 129 Å². The summed E-state index contributed by atoms with van der Waals surface area (Å²) >= 11 is 7.37. The number of hydrogen-bond donors (Lipinski definition) is 0. The molecule has 3 aromatic carbocycles. The molecule has 454 valence electrons. The maximum absolute atomic E-state index is 18.7. The number of carbonyl (C=O) groups is 3. The van der Waals surface area contributed by atoms with E-state index in [2.05, 4.69) is 4.98 Å². The van der Waals surface area contributed by atoms with Crippen molar-refractivity contribution in [3.05, 3.63) is 112 Å². The molecule has 0 aliphatic carbocycles. The van der Waals surface area contributed by atoms with Gasteiger partial charge in [0.15, 0.2) is 17.4 Å². The fraction of sp³-hybridized carbons (Fsp3) is 0.459. The zero-order valence-corrected chi connectivity index (χ0v) is 50.6. The molecule has 1 atom stereocenters. The summed E-state index contributed by atoms with van der Waals surface area (Å²) in [6, 6.07) is 18.0. The monoisotopic (exact) mass is 1200 g/mol. The molecule has 1 spiro atoms. The minimum absolute atomic E-state index is 0.0205. The van der Waals surface area contributed by atoms with Crippen molar-refractivity contribution in [2.45, 2.75) is 124 Å². The first kappa shape index (κ1) is 61.6. The second-order valence-electron chi connectivity index (χ2n) is 24.2. The number of nitrogens with zero attached hydrogens (tertiary/aromatic N) is 9. The number of hydrogen-bond acceptors (Lipinski definition) is 17. The average molecular weight is 1200 g/mol. The molecular weight excluding hydrogens is 1130 g/mol. The molecule has 3 aliphatic rings. The van der Waals surface area contributed by atoms with Gasteiger partial charge in [-0.25, -0.2) is 33.7 Å². The molecule has 0 unspecified atom stereocenters. The number of rotatable bonds is 12. The van der Waals surface area contributed by atoms with Crippen LogP contribution in [0.1, 0.15) is 103 Å². The van der Waals surface area contributed by atoms with Crippen LogP contribution in [0.2, 0.25) is 5.02 Å². The van der Waals surface area contributed by atoms with Gasteiger partial charge in [0.2, 0.25) is 5.95 Å². The quantitative estimate of drug-likeness (QED) is 0.0832. The molecule has 0 N–H and O–H groups in total. The van der Waals surface area contributed by atoms with Gasteiger partial charge in [-0.2, -0.15) is 23.1 Å². The predicted molar refractivity (Wildman–Crippen MR) is 312 cm³/mol. The highest BCUT2D eigenvalue weighted by Crippen LogP contribution is 2.52. The molecule has 19 nitrogen and oxygen atoms in total. The summed E-state index contributed by atoms with van der Waals surface area (Å²) in [4.78, 5) is 68.8. The van der Waals surface area contributed by atoms with E-state index in [0.717, 1.165) is 11.1 Å². The number of morpholine rings is 1. The number of ether oxygens (including phenoxy) is 7. The van der Waals surface area contributed by atoms with Crippen LogP contribution in [0.15, 0.2) is 72.9 Å². The number of halogens is 5. The predicted octanol–water partition coefficient (Wildman–Crippen LogP) is 12.9. The topological polar surface area (TPSA) is 184 Å². The molecule has 6 heterocycles. The van der Waals surface area contributed by atoms with Gasteiger partial charge in [-0.3, -0.25) is 4.90 Å². The summed E-state index contributed by atoms with van der Waals surface area (Å²) in [6.45, 7) is 18.9. The van der Waals surface area contributed by atoms with Crippen LogP contribution in [-0.4, -0.2) is 126 Å². The Labute approximate surface area is 496 Å². The van der Waals surface area contributed by atoms with Crippen molar-refractivity contribution in [3.63, 3.8) is 0 Å². The van der Waals surface area contributed by atoms with Gasteiger partial charge >= 0.3 is 24.5 Å². The van der Waals surface area contributed by atoms with Crippen molar-refractivity contribution in [2.24, 2.45) is 0 Å². The largest absolute Gasteiger partial charge is 0.497 e. The molecule has 24 heteroatoms. The van der Waals surface area contributed by atoms with E-state index in [1.54, 1.807) is 125 Å². The summed E-state index contributed by atoms with van der Waals surface area (Å²) in [5.74, 6) is -0.467. The summed E-state index contributed by atoms with van der Waals surface area (Å²) in [5, 5.41) is -0.642. The van der Waals surface area contributed by atoms with E-state index < -0.39 is 86.0 Å². The van der Waals surface area contributed by atoms with E-state index in [1.165, 1.54) is 33.4 Å². The number of benzene rings is 3. The summed E-state index contributed by atoms with van der Waals surface area (Å²) in [5.41, 5.74) is -5.65. The standard InChI is InChI=1S/C61H70ClF4N9O10/c1-35-29-42(71(30-37-16-20-39(79-12)21-17-37)31-38-18-22-40(80-13)23-19-38)68-48(45(35)61(64,65)66)43-46(62)50-44-49(47(43)63)69-53(72-32-60(33-72)34-81-27-26-74(60)54(76)83-57(3,4)5)70-52(44)73(25-28-82-50)36(2)41-15-14-24-67-51(41)75(55(77)84-58(6,7)8)56(78)85-59(9,10)11/h14-24,29,36H,25-28,30-34H2,1-13H3/t36-/m1/s1. The number of pyridine rings is 2. The Balaban J connectivity index is 1.25.